The lowest BCUT2D eigenvalue weighted by Gasteiger charge is -2.43. The van der Waals surface area contributed by atoms with E-state index in [9.17, 15) is 19.7 Å². The topological polar surface area (TPSA) is 109 Å². The molecule has 3 heterocycles. The van der Waals surface area contributed by atoms with E-state index in [-0.39, 0.29) is 35.6 Å². The molecular weight excluding hydrogens is 734 g/mol. The summed E-state index contributed by atoms with van der Waals surface area (Å²) in [5.74, 6) is -0.748. The van der Waals surface area contributed by atoms with E-state index in [2.05, 4.69) is 64.8 Å². The van der Waals surface area contributed by atoms with E-state index >= 15 is 0 Å². The molecule has 0 aromatic heterocycles. The summed E-state index contributed by atoms with van der Waals surface area (Å²) < 4.78 is 18.0. The van der Waals surface area contributed by atoms with Gasteiger partial charge in [-0.3, -0.25) is 19.4 Å². The number of aromatic hydroxyl groups is 1. The number of amides is 2. The van der Waals surface area contributed by atoms with Crippen molar-refractivity contribution in [1.82, 2.24) is 9.80 Å². The van der Waals surface area contributed by atoms with Gasteiger partial charge in [0.15, 0.2) is 11.5 Å². The highest BCUT2D eigenvalue weighted by atomic mass is 127. The molecule has 2 aromatic carbocycles. The summed E-state index contributed by atoms with van der Waals surface area (Å²) in [5, 5.41) is 21.4. The number of likely N-dealkylation sites (tertiary alicyclic amines) is 2. The second-order valence-corrected chi connectivity index (χ2v) is 15.1. The summed E-state index contributed by atoms with van der Waals surface area (Å²) in [5.41, 5.74) is 5.53. The van der Waals surface area contributed by atoms with Gasteiger partial charge in [-0.05, 0) is 108 Å². The molecule has 0 spiro atoms. The van der Waals surface area contributed by atoms with E-state index in [1.165, 1.54) is 11.1 Å². The van der Waals surface area contributed by atoms with Gasteiger partial charge in [-0.25, -0.2) is 0 Å². The van der Waals surface area contributed by atoms with Gasteiger partial charge in [-0.1, -0.05) is 55.3 Å². The number of ether oxygens (including phenoxy) is 2. The molecule has 3 aliphatic heterocycles. The number of phenols is 1. The summed E-state index contributed by atoms with van der Waals surface area (Å²) in [6.45, 7) is 5.06. The molecule has 0 bridgehead atoms. The van der Waals surface area contributed by atoms with E-state index in [1.807, 2.05) is 18.2 Å². The highest BCUT2D eigenvalue weighted by molar-refractivity contribution is 14.1. The zero-order valence-corrected chi connectivity index (χ0v) is 30.9. The standard InChI is InChI=1S/C38H48BIN2O7/c1-4-8-24(17-26-18-31(40)36(43)33(19-26)48-3)11-12-32-34-27(23-47-2)20-29-35(30(34)21-39(46)49-32)38(45)42(37(29)44)28-13-15-41(16-14-28)22-25-9-6-5-7-10-25/h5-7,9-10,17-19,28-30,32,35,43,46H,4,8,11-16,20-23H2,1-3H3/b24-17+/t29-,30+,32-,35-/m1/s1. The third-order valence-corrected chi connectivity index (χ3v) is 11.6. The van der Waals surface area contributed by atoms with Crippen molar-refractivity contribution in [2.45, 2.75) is 76.9 Å². The van der Waals surface area contributed by atoms with Crippen LogP contribution in [0.4, 0.5) is 0 Å². The average Bonchev–Trinajstić information content (AvgIpc) is 3.34. The number of methoxy groups -OCH3 is 2. The van der Waals surface area contributed by atoms with Crippen LogP contribution in [-0.2, 0) is 25.5 Å². The van der Waals surface area contributed by atoms with Crippen LogP contribution in [0.3, 0.4) is 0 Å². The molecule has 6 rings (SSSR count). The number of piperidine rings is 1. The summed E-state index contributed by atoms with van der Waals surface area (Å²) >= 11 is 2.11. The fourth-order valence-electron chi connectivity index (χ4n) is 8.61. The Labute approximate surface area is 304 Å². The monoisotopic (exact) mass is 782 g/mol. The molecule has 4 aliphatic rings. The Morgan fingerprint density at radius 3 is 2.53 bits per heavy atom. The molecule has 11 heteroatoms. The van der Waals surface area contributed by atoms with Crippen LogP contribution in [0.2, 0.25) is 6.32 Å². The molecule has 49 heavy (non-hydrogen) atoms. The highest BCUT2D eigenvalue weighted by Gasteiger charge is 2.58. The van der Waals surface area contributed by atoms with E-state index in [0.29, 0.717) is 35.1 Å². The van der Waals surface area contributed by atoms with Crippen molar-refractivity contribution in [3.05, 3.63) is 73.9 Å². The minimum absolute atomic E-state index is 0.0613. The van der Waals surface area contributed by atoms with Gasteiger partial charge in [0.1, 0.15) is 0 Å². The van der Waals surface area contributed by atoms with Crippen LogP contribution >= 0.6 is 22.6 Å². The van der Waals surface area contributed by atoms with Gasteiger partial charge in [-0.15, -0.1) is 0 Å². The Morgan fingerprint density at radius 1 is 1.08 bits per heavy atom. The Kier molecular flexibility index (Phi) is 11.9. The minimum Gasteiger partial charge on any atom is -0.504 e. The van der Waals surface area contributed by atoms with E-state index in [0.717, 1.165) is 68.4 Å². The number of phenolic OH excluding ortho intramolecular Hbond substituents is 1. The van der Waals surface area contributed by atoms with Crippen molar-refractivity contribution in [2.24, 2.45) is 17.8 Å². The van der Waals surface area contributed by atoms with Gasteiger partial charge in [0.05, 0.1) is 35.2 Å². The van der Waals surface area contributed by atoms with Gasteiger partial charge in [0.25, 0.3) is 0 Å². The largest absolute Gasteiger partial charge is 0.504 e. The Morgan fingerprint density at radius 2 is 1.84 bits per heavy atom. The minimum atomic E-state index is -1.01. The molecule has 0 saturated carbocycles. The molecule has 2 amide bonds. The molecule has 9 nitrogen and oxygen atoms in total. The Bertz CT molecular complexity index is 1580. The summed E-state index contributed by atoms with van der Waals surface area (Å²) in [7, 11) is 2.20. The zero-order valence-electron chi connectivity index (χ0n) is 28.8. The third kappa shape index (κ3) is 7.81. The number of hydrogen-bond acceptors (Lipinski definition) is 8. The average molecular weight is 783 g/mol. The molecule has 3 fully saturated rings. The van der Waals surface area contributed by atoms with E-state index in [1.54, 1.807) is 19.1 Å². The first-order chi connectivity index (χ1) is 23.7. The van der Waals surface area contributed by atoms with Gasteiger partial charge in [0.2, 0.25) is 11.8 Å². The maximum Gasteiger partial charge on any atom is 0.455 e. The zero-order chi connectivity index (χ0) is 34.7. The number of imide groups is 1. The van der Waals surface area contributed by atoms with Crippen molar-refractivity contribution in [1.29, 1.82) is 0 Å². The third-order valence-electron chi connectivity index (χ3n) is 10.8. The SMILES string of the molecule is CCC/C(=C\c1cc(I)c(O)c(OC)c1)CC[C@H]1OB(O)C[C@H]2C1=C(COC)C[C@H]1C(=O)N(C3CCN(Cc4ccccc4)CC3)C(=O)[C@H]12. The smallest absolute Gasteiger partial charge is 0.455 e. The summed E-state index contributed by atoms with van der Waals surface area (Å²) in [4.78, 5) is 32.4. The molecule has 2 N–H and O–H groups in total. The van der Waals surface area contributed by atoms with Crippen LogP contribution in [0.15, 0.2) is 59.2 Å². The molecule has 2 aromatic rings. The number of allylic oxidation sites excluding steroid dienone is 1. The first-order valence-electron chi connectivity index (χ1n) is 17.7. The fourth-order valence-corrected chi connectivity index (χ4v) is 9.23. The van der Waals surface area contributed by atoms with Crippen LogP contribution in [0.25, 0.3) is 6.08 Å². The second kappa shape index (κ2) is 16.1. The highest BCUT2D eigenvalue weighted by Crippen LogP contribution is 2.51. The number of nitrogens with zero attached hydrogens (tertiary/aromatic N) is 2. The van der Waals surface area contributed by atoms with Gasteiger partial charge in [-0.2, -0.15) is 0 Å². The normalized spacial score (nSPS) is 25.2. The molecule has 1 aliphatic carbocycles. The van der Waals surface area contributed by atoms with Crippen LogP contribution < -0.4 is 4.74 Å². The fraction of sp³-hybridized carbons (Fsp3) is 0.526. The summed E-state index contributed by atoms with van der Waals surface area (Å²) in [6, 6.07) is 14.1. The molecule has 0 unspecified atom stereocenters. The lowest BCUT2D eigenvalue weighted by molar-refractivity contribution is -0.144. The van der Waals surface area contributed by atoms with Crippen LogP contribution in [-0.4, -0.2) is 84.9 Å². The van der Waals surface area contributed by atoms with Crippen molar-refractivity contribution in [2.75, 3.05) is 33.9 Å². The lowest BCUT2D eigenvalue weighted by Crippen LogP contribution is -2.48. The van der Waals surface area contributed by atoms with Crippen molar-refractivity contribution in [3.63, 3.8) is 0 Å². The number of rotatable bonds is 12. The predicted octanol–water partition coefficient (Wildman–Crippen LogP) is 6.08. The maximum atomic E-state index is 14.3. The lowest BCUT2D eigenvalue weighted by atomic mass is 9.58. The predicted molar refractivity (Wildman–Crippen MR) is 198 cm³/mol. The number of benzene rings is 2. The quantitative estimate of drug-likeness (QED) is 0.116. The van der Waals surface area contributed by atoms with Gasteiger partial charge in [0, 0.05) is 32.8 Å². The maximum absolute atomic E-state index is 14.3. The first-order valence-corrected chi connectivity index (χ1v) is 18.7. The molecular formula is C38H48BIN2O7. The molecule has 0 radical (unpaired) electrons. The van der Waals surface area contributed by atoms with Crippen molar-refractivity contribution >= 4 is 47.6 Å². The Balaban J connectivity index is 1.20. The van der Waals surface area contributed by atoms with Crippen LogP contribution in [0, 0.1) is 21.3 Å². The van der Waals surface area contributed by atoms with Gasteiger partial charge < -0.3 is 24.3 Å². The van der Waals surface area contributed by atoms with Gasteiger partial charge >= 0.3 is 7.12 Å². The van der Waals surface area contributed by atoms with E-state index < -0.39 is 19.0 Å². The van der Waals surface area contributed by atoms with E-state index in [4.69, 9.17) is 14.1 Å². The van der Waals surface area contributed by atoms with Crippen molar-refractivity contribution < 1.29 is 33.8 Å². The van der Waals surface area contributed by atoms with Crippen LogP contribution in [0.5, 0.6) is 11.5 Å². The number of hydrogen-bond donors (Lipinski definition) is 2. The molecule has 3 saturated heterocycles. The molecule has 4 atom stereocenters. The molecule has 262 valence electrons. The summed E-state index contributed by atoms with van der Waals surface area (Å²) in [6.07, 6.45) is 7.31. The van der Waals surface area contributed by atoms with Crippen LogP contribution in [0.1, 0.15) is 63.0 Å². The Hall–Kier alpha value is -2.71. The number of carbonyl (C=O) groups excluding carboxylic acids is 2. The first kappa shape index (κ1) is 36.1. The van der Waals surface area contributed by atoms with Crippen molar-refractivity contribution in [3.8, 4) is 11.5 Å². The second-order valence-electron chi connectivity index (χ2n) is 13.9. The number of carbonyl (C=O) groups is 2. The number of halogens is 1. The number of fused-ring (bicyclic) bond motifs is 3.